The summed E-state index contributed by atoms with van der Waals surface area (Å²) < 4.78 is 15.8. The van der Waals surface area contributed by atoms with Gasteiger partial charge in [0.1, 0.15) is 17.2 Å². The van der Waals surface area contributed by atoms with Gasteiger partial charge in [0, 0.05) is 10.9 Å². The average molecular weight is 352 g/mol. The Bertz CT molecular complexity index is 962. The van der Waals surface area contributed by atoms with Crippen LogP contribution in [0.25, 0.3) is 21.9 Å². The molecule has 3 aromatic rings. The molecule has 3 aromatic carbocycles. The number of hydrogen-bond donors (Lipinski definition) is 1. The molecule has 26 heavy (non-hydrogen) atoms. The fourth-order valence-corrected chi connectivity index (χ4v) is 2.98. The fraction of sp³-hybridized carbons (Fsp3) is 0.190. The first-order valence-corrected chi connectivity index (χ1v) is 8.25. The van der Waals surface area contributed by atoms with E-state index in [1.165, 1.54) is 0 Å². The van der Waals surface area contributed by atoms with Crippen molar-refractivity contribution in [2.75, 3.05) is 20.8 Å². The minimum Gasteiger partial charge on any atom is -0.507 e. The largest absolute Gasteiger partial charge is 0.507 e. The number of phenols is 1. The standard InChI is InChI=1S/C21H20O5/c1-4-26-21(23)14-7-5-6-13(12-14)15-8-9-16-17(24-2)10-11-18(25-3)19(16)20(15)22/h5-12,22H,4H2,1-3H3. The Morgan fingerprint density at radius 3 is 2.42 bits per heavy atom. The molecular formula is C21H20O5. The first-order chi connectivity index (χ1) is 12.6. The van der Waals surface area contributed by atoms with Gasteiger partial charge in [0.15, 0.2) is 0 Å². The van der Waals surface area contributed by atoms with Gasteiger partial charge in [-0.05, 0) is 48.9 Å². The maximum absolute atomic E-state index is 12.0. The van der Waals surface area contributed by atoms with Crippen LogP contribution in [0.2, 0.25) is 0 Å². The van der Waals surface area contributed by atoms with Crippen molar-refractivity contribution in [1.29, 1.82) is 0 Å². The molecule has 0 heterocycles. The third-order valence-electron chi connectivity index (χ3n) is 4.20. The van der Waals surface area contributed by atoms with E-state index in [4.69, 9.17) is 14.2 Å². The van der Waals surface area contributed by atoms with E-state index in [2.05, 4.69) is 0 Å². The third kappa shape index (κ3) is 3.04. The first-order valence-electron chi connectivity index (χ1n) is 8.25. The van der Waals surface area contributed by atoms with E-state index in [1.54, 1.807) is 57.5 Å². The number of carbonyl (C=O) groups excluding carboxylic acids is 1. The highest BCUT2D eigenvalue weighted by atomic mass is 16.5. The van der Waals surface area contributed by atoms with Crippen LogP contribution in [0.3, 0.4) is 0 Å². The molecule has 0 fully saturated rings. The number of rotatable bonds is 5. The van der Waals surface area contributed by atoms with Crippen LogP contribution in [0.1, 0.15) is 17.3 Å². The van der Waals surface area contributed by atoms with E-state index in [9.17, 15) is 9.90 Å². The molecule has 0 aliphatic rings. The molecule has 5 heteroatoms. The van der Waals surface area contributed by atoms with E-state index in [1.807, 2.05) is 12.1 Å². The zero-order chi connectivity index (χ0) is 18.7. The monoisotopic (exact) mass is 352 g/mol. The topological polar surface area (TPSA) is 65.0 Å². The van der Waals surface area contributed by atoms with Crippen LogP contribution in [0.4, 0.5) is 0 Å². The number of methoxy groups -OCH3 is 2. The Morgan fingerprint density at radius 2 is 1.73 bits per heavy atom. The Kier molecular flexibility index (Phi) is 4.98. The maximum atomic E-state index is 12.0. The normalized spacial score (nSPS) is 10.6. The molecule has 134 valence electrons. The molecule has 0 saturated heterocycles. The summed E-state index contributed by atoms with van der Waals surface area (Å²) in [7, 11) is 3.13. The quantitative estimate of drug-likeness (QED) is 0.689. The van der Waals surface area contributed by atoms with Gasteiger partial charge < -0.3 is 19.3 Å². The minimum atomic E-state index is -0.395. The van der Waals surface area contributed by atoms with Gasteiger partial charge >= 0.3 is 5.97 Å². The lowest BCUT2D eigenvalue weighted by Gasteiger charge is -2.14. The molecule has 0 radical (unpaired) electrons. The zero-order valence-corrected chi connectivity index (χ0v) is 14.9. The molecule has 0 atom stereocenters. The fourth-order valence-electron chi connectivity index (χ4n) is 2.98. The van der Waals surface area contributed by atoms with E-state index < -0.39 is 5.97 Å². The average Bonchev–Trinajstić information content (AvgIpc) is 2.67. The van der Waals surface area contributed by atoms with Crippen LogP contribution in [0, 0.1) is 0 Å². The highest BCUT2D eigenvalue weighted by Gasteiger charge is 2.16. The van der Waals surface area contributed by atoms with Crippen molar-refractivity contribution in [2.45, 2.75) is 6.92 Å². The van der Waals surface area contributed by atoms with E-state index in [0.29, 0.717) is 40.2 Å². The second-order valence-electron chi connectivity index (χ2n) is 5.66. The van der Waals surface area contributed by atoms with Crippen molar-refractivity contribution in [1.82, 2.24) is 0 Å². The SMILES string of the molecule is CCOC(=O)c1cccc(-c2ccc3c(OC)ccc(OC)c3c2O)c1. The summed E-state index contributed by atoms with van der Waals surface area (Å²) in [6.45, 7) is 2.07. The predicted molar refractivity (Wildman–Crippen MR) is 100 cm³/mol. The molecule has 0 saturated carbocycles. The smallest absolute Gasteiger partial charge is 0.338 e. The maximum Gasteiger partial charge on any atom is 0.338 e. The molecular weight excluding hydrogens is 332 g/mol. The second-order valence-corrected chi connectivity index (χ2v) is 5.66. The van der Waals surface area contributed by atoms with Crippen LogP contribution in [-0.2, 0) is 4.74 Å². The van der Waals surface area contributed by atoms with Gasteiger partial charge in [0.2, 0.25) is 0 Å². The summed E-state index contributed by atoms with van der Waals surface area (Å²) in [5.74, 6) is 0.859. The molecule has 0 spiro atoms. The molecule has 1 N–H and O–H groups in total. The van der Waals surface area contributed by atoms with Crippen molar-refractivity contribution < 1.29 is 24.1 Å². The second kappa shape index (κ2) is 7.35. The lowest BCUT2D eigenvalue weighted by molar-refractivity contribution is 0.0526. The molecule has 0 unspecified atom stereocenters. The van der Waals surface area contributed by atoms with Gasteiger partial charge in [-0.15, -0.1) is 0 Å². The molecule has 5 nitrogen and oxygen atoms in total. The van der Waals surface area contributed by atoms with Gasteiger partial charge in [-0.1, -0.05) is 12.1 Å². The lowest BCUT2D eigenvalue weighted by Crippen LogP contribution is -2.04. The van der Waals surface area contributed by atoms with E-state index >= 15 is 0 Å². The van der Waals surface area contributed by atoms with Crippen molar-refractivity contribution in [2.24, 2.45) is 0 Å². The Labute approximate surface area is 151 Å². The van der Waals surface area contributed by atoms with Crippen molar-refractivity contribution in [3.63, 3.8) is 0 Å². The molecule has 0 bridgehead atoms. The lowest BCUT2D eigenvalue weighted by atomic mass is 9.97. The van der Waals surface area contributed by atoms with E-state index in [-0.39, 0.29) is 5.75 Å². The Balaban J connectivity index is 2.19. The number of aromatic hydroxyl groups is 1. The number of ether oxygens (including phenoxy) is 3. The van der Waals surface area contributed by atoms with Gasteiger partial charge in [0.25, 0.3) is 0 Å². The van der Waals surface area contributed by atoms with Crippen molar-refractivity contribution in [3.05, 3.63) is 54.1 Å². The predicted octanol–water partition coefficient (Wildman–Crippen LogP) is 4.41. The van der Waals surface area contributed by atoms with Gasteiger partial charge in [-0.2, -0.15) is 0 Å². The Hall–Kier alpha value is -3.21. The Morgan fingerprint density at radius 1 is 1.00 bits per heavy atom. The van der Waals surface area contributed by atoms with Crippen LogP contribution in [0.5, 0.6) is 17.2 Å². The van der Waals surface area contributed by atoms with Gasteiger partial charge in [0.05, 0.1) is 31.8 Å². The van der Waals surface area contributed by atoms with Crippen molar-refractivity contribution in [3.8, 4) is 28.4 Å². The minimum absolute atomic E-state index is 0.0688. The molecule has 0 amide bonds. The summed E-state index contributed by atoms with van der Waals surface area (Å²) in [5, 5.41) is 12.2. The number of hydrogen-bond acceptors (Lipinski definition) is 5. The number of esters is 1. The number of carbonyl (C=O) groups is 1. The summed E-state index contributed by atoms with van der Waals surface area (Å²) in [4.78, 5) is 12.0. The highest BCUT2D eigenvalue weighted by molar-refractivity contribution is 6.02. The number of fused-ring (bicyclic) bond motifs is 1. The first kappa shape index (κ1) is 17.6. The zero-order valence-electron chi connectivity index (χ0n) is 14.9. The molecule has 0 aliphatic heterocycles. The van der Waals surface area contributed by atoms with Crippen LogP contribution in [0.15, 0.2) is 48.5 Å². The van der Waals surface area contributed by atoms with Crippen molar-refractivity contribution >= 4 is 16.7 Å². The number of benzene rings is 3. The van der Waals surface area contributed by atoms with Crippen LogP contribution < -0.4 is 9.47 Å². The highest BCUT2D eigenvalue weighted by Crippen LogP contribution is 2.43. The third-order valence-corrected chi connectivity index (χ3v) is 4.20. The molecule has 0 aliphatic carbocycles. The summed E-state index contributed by atoms with van der Waals surface area (Å²) in [6, 6.07) is 14.2. The summed E-state index contributed by atoms with van der Waals surface area (Å²) in [6.07, 6.45) is 0. The number of phenolic OH excluding ortho intramolecular Hbond substituents is 1. The van der Waals surface area contributed by atoms with Crippen LogP contribution in [-0.4, -0.2) is 31.9 Å². The van der Waals surface area contributed by atoms with Gasteiger partial charge in [-0.3, -0.25) is 0 Å². The summed E-state index contributed by atoms with van der Waals surface area (Å²) in [5.41, 5.74) is 1.73. The van der Waals surface area contributed by atoms with Gasteiger partial charge in [-0.25, -0.2) is 4.79 Å². The molecule has 3 rings (SSSR count). The van der Waals surface area contributed by atoms with Crippen LogP contribution >= 0.6 is 0 Å². The molecule has 0 aromatic heterocycles. The summed E-state index contributed by atoms with van der Waals surface area (Å²) >= 11 is 0. The van der Waals surface area contributed by atoms with E-state index in [0.717, 1.165) is 5.39 Å².